The predicted octanol–water partition coefficient (Wildman–Crippen LogP) is 3.48. The van der Waals surface area contributed by atoms with Crippen molar-refractivity contribution in [3.63, 3.8) is 0 Å². The van der Waals surface area contributed by atoms with Crippen molar-refractivity contribution in [3.05, 3.63) is 59.9 Å². The molecule has 2 rings (SSSR count). The number of carbonyl (C=O) groups is 1. The van der Waals surface area contributed by atoms with Crippen LogP contribution in [0.2, 0.25) is 0 Å². The molecule has 0 saturated heterocycles. The van der Waals surface area contributed by atoms with Gasteiger partial charge in [0.1, 0.15) is 0 Å². The molecule has 1 amide bonds. The van der Waals surface area contributed by atoms with Crippen LogP contribution < -0.4 is 4.90 Å². The predicted molar refractivity (Wildman–Crippen MR) is 77.5 cm³/mol. The molecule has 2 aromatic rings. The van der Waals surface area contributed by atoms with Gasteiger partial charge in [-0.25, -0.2) is 0 Å². The van der Waals surface area contributed by atoms with Crippen molar-refractivity contribution in [1.82, 2.24) is 4.98 Å². The molecule has 3 nitrogen and oxygen atoms in total. The molecule has 98 valence electrons. The summed E-state index contributed by atoms with van der Waals surface area (Å²) in [5, 5.41) is 0. The molecule has 1 aromatic carbocycles. The summed E-state index contributed by atoms with van der Waals surface area (Å²) >= 11 is 0. The van der Waals surface area contributed by atoms with E-state index in [2.05, 4.69) is 31.0 Å². The second-order valence-corrected chi connectivity index (χ2v) is 4.85. The number of hydrogen-bond donors (Lipinski definition) is 0. The average Bonchev–Trinajstić information content (AvgIpc) is 2.46. The summed E-state index contributed by atoms with van der Waals surface area (Å²) in [5.74, 6) is 0.424. The number of nitrogens with zero attached hydrogens (tertiary/aromatic N) is 2. The molecule has 0 saturated carbocycles. The maximum absolute atomic E-state index is 12.3. The van der Waals surface area contributed by atoms with Crippen LogP contribution in [0.3, 0.4) is 0 Å². The lowest BCUT2D eigenvalue weighted by Gasteiger charge is -2.19. The Bertz CT molecular complexity index is 564. The lowest BCUT2D eigenvalue weighted by molar-refractivity contribution is 0.0993. The summed E-state index contributed by atoms with van der Waals surface area (Å²) in [4.78, 5) is 17.9. The molecule has 0 radical (unpaired) electrons. The van der Waals surface area contributed by atoms with E-state index in [1.165, 1.54) is 5.56 Å². The summed E-state index contributed by atoms with van der Waals surface area (Å²) in [6.45, 7) is 4.29. The van der Waals surface area contributed by atoms with Gasteiger partial charge < -0.3 is 4.90 Å². The second-order valence-electron chi connectivity index (χ2n) is 4.85. The lowest BCUT2D eigenvalue weighted by atomic mass is 10.0. The van der Waals surface area contributed by atoms with Crippen LogP contribution in [0.15, 0.2) is 48.8 Å². The van der Waals surface area contributed by atoms with E-state index in [0.717, 1.165) is 5.69 Å². The summed E-state index contributed by atoms with van der Waals surface area (Å²) in [5.41, 5.74) is 2.78. The number of carbonyl (C=O) groups excluding carboxylic acids is 1. The van der Waals surface area contributed by atoms with Gasteiger partial charge >= 0.3 is 0 Å². The number of amides is 1. The summed E-state index contributed by atoms with van der Waals surface area (Å²) in [6, 6.07) is 11.5. The molecule has 3 heteroatoms. The molecule has 1 heterocycles. The van der Waals surface area contributed by atoms with Crippen LogP contribution in [0.25, 0.3) is 0 Å². The quantitative estimate of drug-likeness (QED) is 0.840. The molecule has 19 heavy (non-hydrogen) atoms. The highest BCUT2D eigenvalue weighted by atomic mass is 16.2. The number of anilines is 1. The van der Waals surface area contributed by atoms with E-state index in [1.807, 2.05) is 12.1 Å². The minimum absolute atomic E-state index is 0.0247. The van der Waals surface area contributed by atoms with E-state index in [0.29, 0.717) is 11.5 Å². The summed E-state index contributed by atoms with van der Waals surface area (Å²) < 4.78 is 0. The maximum atomic E-state index is 12.3. The van der Waals surface area contributed by atoms with Crippen molar-refractivity contribution >= 4 is 11.6 Å². The Morgan fingerprint density at radius 3 is 2.47 bits per heavy atom. The van der Waals surface area contributed by atoms with Crippen LogP contribution >= 0.6 is 0 Å². The van der Waals surface area contributed by atoms with E-state index in [1.54, 1.807) is 36.5 Å². The van der Waals surface area contributed by atoms with Gasteiger partial charge in [0, 0.05) is 30.7 Å². The molecule has 0 aliphatic carbocycles. The molecule has 0 unspecified atom stereocenters. The van der Waals surface area contributed by atoms with Gasteiger partial charge in [-0.05, 0) is 35.7 Å². The molecule has 1 aromatic heterocycles. The van der Waals surface area contributed by atoms with Crippen LogP contribution in [-0.2, 0) is 0 Å². The van der Waals surface area contributed by atoms with Crippen LogP contribution in [0.5, 0.6) is 0 Å². The van der Waals surface area contributed by atoms with Crippen molar-refractivity contribution in [2.75, 3.05) is 11.9 Å². The molecule has 0 atom stereocenters. The Kier molecular flexibility index (Phi) is 3.95. The molecule has 0 bridgehead atoms. The second kappa shape index (κ2) is 5.65. The number of hydrogen-bond acceptors (Lipinski definition) is 2. The van der Waals surface area contributed by atoms with Crippen molar-refractivity contribution < 1.29 is 4.79 Å². The zero-order valence-corrected chi connectivity index (χ0v) is 11.5. The minimum atomic E-state index is -0.0247. The highest BCUT2D eigenvalue weighted by Crippen LogP contribution is 2.21. The third-order valence-electron chi connectivity index (χ3n) is 3.16. The van der Waals surface area contributed by atoms with Crippen LogP contribution in [0, 0.1) is 0 Å². The molecular weight excluding hydrogens is 236 g/mol. The molecule has 0 N–H and O–H groups in total. The molecule has 0 fully saturated rings. The van der Waals surface area contributed by atoms with Gasteiger partial charge in [-0.2, -0.15) is 0 Å². The van der Waals surface area contributed by atoms with Crippen molar-refractivity contribution in [3.8, 4) is 0 Å². The highest BCUT2D eigenvalue weighted by molar-refractivity contribution is 6.05. The van der Waals surface area contributed by atoms with E-state index in [4.69, 9.17) is 0 Å². The Morgan fingerprint density at radius 2 is 1.84 bits per heavy atom. The average molecular weight is 254 g/mol. The van der Waals surface area contributed by atoms with E-state index < -0.39 is 0 Å². The fourth-order valence-corrected chi connectivity index (χ4v) is 1.90. The van der Waals surface area contributed by atoms with E-state index in [-0.39, 0.29) is 5.91 Å². The van der Waals surface area contributed by atoms with E-state index >= 15 is 0 Å². The fourth-order valence-electron chi connectivity index (χ4n) is 1.90. The SMILES string of the molecule is CC(C)c1cccc(N(C)C(=O)c2ccncc2)c1. The van der Waals surface area contributed by atoms with Crippen LogP contribution in [-0.4, -0.2) is 17.9 Å². The Balaban J connectivity index is 2.27. The van der Waals surface area contributed by atoms with Gasteiger partial charge in [-0.3, -0.25) is 9.78 Å². The first-order valence-corrected chi connectivity index (χ1v) is 6.37. The Morgan fingerprint density at radius 1 is 1.16 bits per heavy atom. The van der Waals surface area contributed by atoms with Crippen molar-refractivity contribution in [1.29, 1.82) is 0 Å². The lowest BCUT2D eigenvalue weighted by Crippen LogP contribution is -2.26. The molecule has 0 aliphatic rings. The highest BCUT2D eigenvalue weighted by Gasteiger charge is 2.13. The van der Waals surface area contributed by atoms with Gasteiger partial charge in [0.25, 0.3) is 5.91 Å². The van der Waals surface area contributed by atoms with Gasteiger partial charge in [0.2, 0.25) is 0 Å². The molecular formula is C16H18N2O. The normalized spacial score (nSPS) is 10.5. The Labute approximate surface area is 113 Å². The Hall–Kier alpha value is -2.16. The number of benzene rings is 1. The zero-order valence-electron chi connectivity index (χ0n) is 11.5. The van der Waals surface area contributed by atoms with Crippen molar-refractivity contribution in [2.24, 2.45) is 0 Å². The van der Waals surface area contributed by atoms with Gasteiger partial charge in [-0.15, -0.1) is 0 Å². The summed E-state index contributed by atoms with van der Waals surface area (Å²) in [6.07, 6.45) is 3.26. The van der Waals surface area contributed by atoms with Gasteiger partial charge in [-0.1, -0.05) is 26.0 Å². The third kappa shape index (κ3) is 2.99. The van der Waals surface area contributed by atoms with Crippen LogP contribution in [0.1, 0.15) is 35.7 Å². The first-order valence-electron chi connectivity index (χ1n) is 6.37. The molecule has 0 spiro atoms. The first-order chi connectivity index (χ1) is 9.09. The first kappa shape index (κ1) is 13.3. The van der Waals surface area contributed by atoms with Gasteiger partial charge in [0.15, 0.2) is 0 Å². The number of aromatic nitrogens is 1. The van der Waals surface area contributed by atoms with E-state index in [9.17, 15) is 4.79 Å². The molecule has 0 aliphatic heterocycles. The third-order valence-corrected chi connectivity index (χ3v) is 3.16. The smallest absolute Gasteiger partial charge is 0.258 e. The fraction of sp³-hybridized carbons (Fsp3) is 0.250. The van der Waals surface area contributed by atoms with Gasteiger partial charge in [0.05, 0.1) is 0 Å². The van der Waals surface area contributed by atoms with Crippen molar-refractivity contribution in [2.45, 2.75) is 19.8 Å². The largest absolute Gasteiger partial charge is 0.311 e. The monoisotopic (exact) mass is 254 g/mol. The minimum Gasteiger partial charge on any atom is -0.311 e. The topological polar surface area (TPSA) is 33.2 Å². The number of rotatable bonds is 3. The maximum Gasteiger partial charge on any atom is 0.258 e. The van der Waals surface area contributed by atoms with Crippen LogP contribution in [0.4, 0.5) is 5.69 Å². The number of pyridine rings is 1. The zero-order chi connectivity index (χ0) is 13.8. The summed E-state index contributed by atoms with van der Waals surface area (Å²) in [7, 11) is 1.79. The standard InChI is InChI=1S/C16H18N2O/c1-12(2)14-5-4-6-15(11-14)18(3)16(19)13-7-9-17-10-8-13/h4-12H,1-3H3.